The maximum absolute atomic E-state index is 13.3. The summed E-state index contributed by atoms with van der Waals surface area (Å²) >= 11 is 0. The maximum atomic E-state index is 13.3. The quantitative estimate of drug-likeness (QED) is 0.657. The molecule has 7 nitrogen and oxygen atoms in total. The van der Waals surface area contributed by atoms with Crippen LogP contribution in [0, 0.1) is 5.92 Å². The van der Waals surface area contributed by atoms with Gasteiger partial charge in [-0.2, -0.15) is 9.67 Å². The Bertz CT molecular complexity index is 1060. The Morgan fingerprint density at radius 1 is 1.14 bits per heavy atom. The topological polar surface area (TPSA) is 75.5 Å². The third-order valence-corrected chi connectivity index (χ3v) is 5.10. The fourth-order valence-corrected chi connectivity index (χ4v) is 3.62. The second-order valence-corrected chi connectivity index (χ2v) is 7.56. The highest BCUT2D eigenvalue weighted by Crippen LogP contribution is 2.48. The molecule has 1 saturated carbocycles. The number of hydrogen-bond donors (Lipinski definition) is 0. The summed E-state index contributed by atoms with van der Waals surface area (Å²) in [5.74, 6) is 1.78. The molecule has 1 aliphatic heterocycles. The maximum Gasteiger partial charge on any atom is 0.336 e. The van der Waals surface area contributed by atoms with Crippen molar-refractivity contribution in [2.75, 3.05) is 6.79 Å². The first-order valence-electron chi connectivity index (χ1n) is 9.73. The zero-order valence-electron chi connectivity index (χ0n) is 16.2. The SMILES string of the molecule is CC(C)Oc1nc(-c2ccc3c(c2)OCO3)n(C(=O)C2CC2c2ccccc2)n1. The molecule has 2 atom stereocenters. The van der Waals surface area contributed by atoms with E-state index in [1.165, 1.54) is 10.2 Å². The molecule has 0 saturated heterocycles. The smallest absolute Gasteiger partial charge is 0.336 e. The van der Waals surface area contributed by atoms with E-state index < -0.39 is 0 Å². The average Bonchev–Trinajstić information content (AvgIpc) is 3.19. The number of rotatable bonds is 5. The second-order valence-electron chi connectivity index (χ2n) is 7.56. The van der Waals surface area contributed by atoms with E-state index in [1.54, 1.807) is 0 Å². The van der Waals surface area contributed by atoms with Crippen molar-refractivity contribution in [2.24, 2.45) is 5.92 Å². The van der Waals surface area contributed by atoms with Gasteiger partial charge in [-0.15, -0.1) is 5.10 Å². The molecule has 0 spiro atoms. The van der Waals surface area contributed by atoms with Gasteiger partial charge in [0, 0.05) is 11.5 Å². The molecule has 1 fully saturated rings. The molecular weight excluding hydrogens is 370 g/mol. The highest BCUT2D eigenvalue weighted by atomic mass is 16.7. The summed E-state index contributed by atoms with van der Waals surface area (Å²) in [5.41, 5.74) is 1.90. The first-order valence-corrected chi connectivity index (χ1v) is 9.73. The minimum atomic E-state index is -0.112. The molecule has 2 aromatic carbocycles. The van der Waals surface area contributed by atoms with Gasteiger partial charge in [-0.3, -0.25) is 4.79 Å². The van der Waals surface area contributed by atoms with Crippen molar-refractivity contribution in [1.29, 1.82) is 0 Å². The standard InChI is InChI=1S/C22H21N3O4/c1-13(2)29-22-23-20(15-8-9-18-19(10-15)28-12-27-18)25(24-22)21(26)17-11-16(17)14-6-4-3-5-7-14/h3-10,13,16-17H,11-12H2,1-2H3. The van der Waals surface area contributed by atoms with Gasteiger partial charge in [0.1, 0.15) is 0 Å². The molecule has 0 radical (unpaired) electrons. The molecule has 29 heavy (non-hydrogen) atoms. The fraction of sp³-hybridized carbons (Fsp3) is 0.318. The third kappa shape index (κ3) is 3.33. The van der Waals surface area contributed by atoms with Crippen LogP contribution in [0.2, 0.25) is 0 Å². The predicted octanol–water partition coefficient (Wildman–Crippen LogP) is 3.90. The van der Waals surface area contributed by atoms with Crippen molar-refractivity contribution < 1.29 is 19.0 Å². The van der Waals surface area contributed by atoms with Crippen molar-refractivity contribution >= 4 is 5.91 Å². The molecule has 1 aliphatic carbocycles. The Morgan fingerprint density at radius 2 is 1.93 bits per heavy atom. The number of aromatic nitrogens is 3. The molecule has 5 rings (SSSR count). The van der Waals surface area contributed by atoms with Gasteiger partial charge in [-0.25, -0.2) is 0 Å². The Labute approximate surface area is 168 Å². The summed E-state index contributed by atoms with van der Waals surface area (Å²) < 4.78 is 17.9. The monoisotopic (exact) mass is 391 g/mol. The van der Waals surface area contributed by atoms with Crippen LogP contribution in [0.5, 0.6) is 17.5 Å². The number of ether oxygens (including phenoxy) is 3. The van der Waals surface area contributed by atoms with E-state index in [-0.39, 0.29) is 36.7 Å². The van der Waals surface area contributed by atoms with Crippen LogP contribution in [0.3, 0.4) is 0 Å². The lowest BCUT2D eigenvalue weighted by molar-refractivity contribution is 0.0865. The van der Waals surface area contributed by atoms with Crippen LogP contribution in [0.25, 0.3) is 11.4 Å². The van der Waals surface area contributed by atoms with Gasteiger partial charge >= 0.3 is 6.01 Å². The summed E-state index contributed by atoms with van der Waals surface area (Å²) in [6, 6.07) is 15.8. The van der Waals surface area contributed by atoms with E-state index in [1.807, 2.05) is 50.2 Å². The van der Waals surface area contributed by atoms with Crippen molar-refractivity contribution in [2.45, 2.75) is 32.3 Å². The van der Waals surface area contributed by atoms with Crippen LogP contribution in [0.15, 0.2) is 48.5 Å². The third-order valence-electron chi connectivity index (χ3n) is 5.10. The average molecular weight is 391 g/mol. The molecule has 0 amide bonds. The van der Waals surface area contributed by atoms with Crippen LogP contribution in [0.4, 0.5) is 0 Å². The molecule has 148 valence electrons. The second kappa shape index (κ2) is 6.92. The van der Waals surface area contributed by atoms with Gasteiger partial charge in [-0.05, 0) is 49.9 Å². The van der Waals surface area contributed by atoms with Crippen LogP contribution in [-0.2, 0) is 0 Å². The van der Waals surface area contributed by atoms with Crippen molar-refractivity contribution in [3.63, 3.8) is 0 Å². The van der Waals surface area contributed by atoms with Gasteiger partial charge < -0.3 is 14.2 Å². The van der Waals surface area contributed by atoms with Gasteiger partial charge in [0.2, 0.25) is 6.79 Å². The van der Waals surface area contributed by atoms with E-state index in [0.717, 1.165) is 12.0 Å². The van der Waals surface area contributed by atoms with Gasteiger partial charge in [0.15, 0.2) is 17.3 Å². The van der Waals surface area contributed by atoms with Gasteiger partial charge in [0.25, 0.3) is 5.91 Å². The Hall–Kier alpha value is -3.35. The first kappa shape index (κ1) is 17.7. The summed E-state index contributed by atoms with van der Waals surface area (Å²) in [7, 11) is 0. The summed E-state index contributed by atoms with van der Waals surface area (Å²) in [6.45, 7) is 3.98. The van der Waals surface area contributed by atoms with Gasteiger partial charge in [0.05, 0.1) is 6.10 Å². The lowest BCUT2D eigenvalue weighted by atomic mass is 10.1. The van der Waals surface area contributed by atoms with Crippen molar-refractivity contribution in [3.05, 3.63) is 54.1 Å². The predicted molar refractivity (Wildman–Crippen MR) is 105 cm³/mol. The molecule has 1 aromatic heterocycles. The number of benzene rings is 2. The Kier molecular flexibility index (Phi) is 4.23. The van der Waals surface area contributed by atoms with Gasteiger partial charge in [-0.1, -0.05) is 30.3 Å². The largest absolute Gasteiger partial charge is 0.460 e. The molecule has 2 heterocycles. The van der Waals surface area contributed by atoms with Crippen molar-refractivity contribution in [3.8, 4) is 28.9 Å². The number of hydrogen-bond acceptors (Lipinski definition) is 6. The molecule has 7 heteroatoms. The zero-order chi connectivity index (χ0) is 20.0. The molecule has 0 N–H and O–H groups in total. The summed E-state index contributed by atoms with van der Waals surface area (Å²) in [6.07, 6.45) is 0.715. The number of fused-ring (bicyclic) bond motifs is 1. The minimum absolute atomic E-state index is 0.0716. The zero-order valence-corrected chi connectivity index (χ0v) is 16.2. The highest BCUT2D eigenvalue weighted by molar-refractivity contribution is 5.88. The van der Waals surface area contributed by atoms with Crippen LogP contribution in [-0.4, -0.2) is 33.6 Å². The summed E-state index contributed by atoms with van der Waals surface area (Å²) in [5, 5.41) is 4.37. The van der Waals surface area contributed by atoms with Crippen LogP contribution < -0.4 is 14.2 Å². The molecule has 0 bridgehead atoms. The first-order chi connectivity index (χ1) is 14.1. The summed E-state index contributed by atoms with van der Waals surface area (Å²) in [4.78, 5) is 17.8. The van der Waals surface area contributed by atoms with E-state index >= 15 is 0 Å². The highest BCUT2D eigenvalue weighted by Gasteiger charge is 2.45. The van der Waals surface area contributed by atoms with E-state index in [2.05, 4.69) is 22.2 Å². The lowest BCUT2D eigenvalue weighted by Crippen LogP contribution is -2.17. The lowest BCUT2D eigenvalue weighted by Gasteiger charge is -2.05. The Morgan fingerprint density at radius 3 is 2.72 bits per heavy atom. The van der Waals surface area contributed by atoms with E-state index in [0.29, 0.717) is 17.3 Å². The van der Waals surface area contributed by atoms with Crippen molar-refractivity contribution in [1.82, 2.24) is 14.8 Å². The number of nitrogens with zero attached hydrogens (tertiary/aromatic N) is 3. The molecule has 2 unspecified atom stereocenters. The molecule has 2 aliphatic rings. The molecule has 3 aromatic rings. The van der Waals surface area contributed by atoms with E-state index in [4.69, 9.17) is 14.2 Å². The van der Waals surface area contributed by atoms with E-state index in [9.17, 15) is 4.79 Å². The minimum Gasteiger partial charge on any atom is -0.460 e. The molecular formula is C22H21N3O4. The number of carbonyl (C=O) groups is 1. The number of carbonyl (C=O) groups excluding carboxylic acids is 1. The fourth-order valence-electron chi connectivity index (χ4n) is 3.62. The normalized spacial score (nSPS) is 19.4. The van der Waals surface area contributed by atoms with Crippen LogP contribution >= 0.6 is 0 Å². The van der Waals surface area contributed by atoms with Crippen LogP contribution in [0.1, 0.15) is 36.5 Å². The Balaban J connectivity index is 1.49.